The number of benzene rings is 1. The Morgan fingerprint density at radius 3 is 3.05 bits per heavy atom. The van der Waals surface area contributed by atoms with Crippen LogP contribution in [0.3, 0.4) is 0 Å². The first-order valence-electron chi connectivity index (χ1n) is 6.94. The molecular weight excluding hydrogens is 320 g/mol. The molecule has 1 aromatic carbocycles. The van der Waals surface area contributed by atoms with E-state index in [2.05, 4.69) is 45.3 Å². The van der Waals surface area contributed by atoms with Gasteiger partial charge in [0.15, 0.2) is 0 Å². The van der Waals surface area contributed by atoms with Gasteiger partial charge in [-0.15, -0.1) is 0 Å². The predicted molar refractivity (Wildman–Crippen MR) is 82.1 cm³/mol. The average molecular weight is 339 g/mol. The fourth-order valence-electron chi connectivity index (χ4n) is 3.62. The Hall–Kier alpha value is -1.07. The van der Waals surface area contributed by atoms with Crippen molar-refractivity contribution in [2.75, 3.05) is 32.1 Å². The van der Waals surface area contributed by atoms with Crippen molar-refractivity contribution < 1.29 is 9.53 Å². The molecule has 108 valence electrons. The molecule has 3 atom stereocenters. The van der Waals surface area contributed by atoms with E-state index in [0.717, 1.165) is 35.2 Å². The zero-order valence-electron chi connectivity index (χ0n) is 11.7. The van der Waals surface area contributed by atoms with Crippen molar-refractivity contribution in [3.8, 4) is 0 Å². The molecule has 0 aromatic heterocycles. The van der Waals surface area contributed by atoms with Crippen molar-refractivity contribution in [3.63, 3.8) is 0 Å². The SMILES string of the molecule is COC(=O)C1c2cc(Br)ccc2N(C)C2CCNCC12. The summed E-state index contributed by atoms with van der Waals surface area (Å²) in [5.74, 6) is -0.0411. The third-order valence-electron chi connectivity index (χ3n) is 4.58. The molecule has 20 heavy (non-hydrogen) atoms. The van der Waals surface area contributed by atoms with Crippen LogP contribution in [-0.2, 0) is 9.53 Å². The highest BCUT2D eigenvalue weighted by molar-refractivity contribution is 9.10. The van der Waals surface area contributed by atoms with Gasteiger partial charge in [0.05, 0.1) is 13.0 Å². The summed E-state index contributed by atoms with van der Waals surface area (Å²) in [7, 11) is 3.60. The number of fused-ring (bicyclic) bond motifs is 2. The number of rotatable bonds is 1. The number of nitrogens with one attached hydrogen (secondary N) is 1. The van der Waals surface area contributed by atoms with Crippen molar-refractivity contribution in [2.45, 2.75) is 18.4 Å². The first-order chi connectivity index (χ1) is 9.63. The van der Waals surface area contributed by atoms with Gasteiger partial charge in [-0.3, -0.25) is 4.79 Å². The van der Waals surface area contributed by atoms with Gasteiger partial charge in [-0.05, 0) is 36.7 Å². The van der Waals surface area contributed by atoms with E-state index in [4.69, 9.17) is 4.74 Å². The minimum atomic E-state index is -0.179. The summed E-state index contributed by atoms with van der Waals surface area (Å²) in [4.78, 5) is 14.6. The number of carbonyl (C=O) groups is 1. The summed E-state index contributed by atoms with van der Waals surface area (Å²) in [6, 6.07) is 6.57. The zero-order chi connectivity index (χ0) is 14.3. The van der Waals surface area contributed by atoms with Crippen LogP contribution in [0.4, 0.5) is 5.69 Å². The molecule has 3 unspecified atom stereocenters. The molecule has 4 nitrogen and oxygen atoms in total. The van der Waals surface area contributed by atoms with E-state index in [9.17, 15) is 4.79 Å². The Morgan fingerprint density at radius 1 is 1.50 bits per heavy atom. The topological polar surface area (TPSA) is 41.6 Å². The van der Waals surface area contributed by atoms with Gasteiger partial charge in [0.25, 0.3) is 0 Å². The predicted octanol–water partition coefficient (Wildman–Crippen LogP) is 2.13. The van der Waals surface area contributed by atoms with Crippen molar-refractivity contribution in [1.82, 2.24) is 5.32 Å². The largest absolute Gasteiger partial charge is 0.469 e. The van der Waals surface area contributed by atoms with Crippen LogP contribution < -0.4 is 10.2 Å². The fourth-order valence-corrected chi connectivity index (χ4v) is 4.00. The summed E-state index contributed by atoms with van der Waals surface area (Å²) in [6.45, 7) is 1.87. The lowest BCUT2D eigenvalue weighted by molar-refractivity contribution is -0.144. The Morgan fingerprint density at radius 2 is 2.30 bits per heavy atom. The van der Waals surface area contributed by atoms with Crippen LogP contribution in [-0.4, -0.2) is 39.3 Å². The molecule has 0 radical (unpaired) electrons. The van der Waals surface area contributed by atoms with E-state index in [1.165, 1.54) is 7.11 Å². The highest BCUT2D eigenvalue weighted by atomic mass is 79.9. The lowest BCUT2D eigenvalue weighted by atomic mass is 9.74. The quantitative estimate of drug-likeness (QED) is 0.796. The molecule has 0 saturated carbocycles. The summed E-state index contributed by atoms with van der Waals surface area (Å²) >= 11 is 3.51. The van der Waals surface area contributed by atoms with Crippen molar-refractivity contribution in [1.29, 1.82) is 0 Å². The van der Waals surface area contributed by atoms with Gasteiger partial charge in [-0.25, -0.2) is 0 Å². The van der Waals surface area contributed by atoms with Gasteiger partial charge in [-0.1, -0.05) is 15.9 Å². The number of halogens is 1. The third-order valence-corrected chi connectivity index (χ3v) is 5.07. The molecule has 0 bridgehead atoms. The molecule has 0 aliphatic carbocycles. The molecule has 2 aliphatic heterocycles. The molecule has 0 spiro atoms. The molecule has 5 heteroatoms. The van der Waals surface area contributed by atoms with E-state index < -0.39 is 0 Å². The second kappa shape index (κ2) is 5.37. The highest BCUT2D eigenvalue weighted by Crippen LogP contribution is 2.44. The Bertz CT molecular complexity index is 535. The molecule has 2 aliphatic rings. The maximum atomic E-state index is 12.3. The van der Waals surface area contributed by atoms with Gasteiger partial charge in [0.2, 0.25) is 0 Å². The van der Waals surface area contributed by atoms with Crippen LogP contribution in [0.15, 0.2) is 22.7 Å². The maximum Gasteiger partial charge on any atom is 0.313 e. The number of carbonyl (C=O) groups excluding carboxylic acids is 1. The number of hydrogen-bond acceptors (Lipinski definition) is 4. The number of nitrogens with zero attached hydrogens (tertiary/aromatic N) is 1. The molecule has 1 fully saturated rings. The third kappa shape index (κ3) is 2.13. The van der Waals surface area contributed by atoms with Crippen LogP contribution in [0.25, 0.3) is 0 Å². The van der Waals surface area contributed by atoms with Gasteiger partial charge in [-0.2, -0.15) is 0 Å². The van der Waals surface area contributed by atoms with Gasteiger partial charge in [0.1, 0.15) is 0 Å². The minimum Gasteiger partial charge on any atom is -0.469 e. The van der Waals surface area contributed by atoms with E-state index >= 15 is 0 Å². The Balaban J connectivity index is 2.12. The first-order valence-corrected chi connectivity index (χ1v) is 7.73. The van der Waals surface area contributed by atoms with Crippen molar-refractivity contribution in [3.05, 3.63) is 28.2 Å². The van der Waals surface area contributed by atoms with Gasteiger partial charge < -0.3 is 15.0 Å². The van der Waals surface area contributed by atoms with Crippen LogP contribution >= 0.6 is 15.9 Å². The molecule has 0 amide bonds. The molecular formula is C15H19BrN2O2. The fraction of sp³-hybridized carbons (Fsp3) is 0.533. The van der Waals surface area contributed by atoms with E-state index in [1.807, 2.05) is 6.07 Å². The van der Waals surface area contributed by atoms with Gasteiger partial charge in [0, 0.05) is 35.7 Å². The zero-order valence-corrected chi connectivity index (χ0v) is 13.3. The van der Waals surface area contributed by atoms with Crippen LogP contribution in [0.1, 0.15) is 17.9 Å². The summed E-state index contributed by atoms with van der Waals surface area (Å²) in [6.07, 6.45) is 1.06. The molecule has 1 saturated heterocycles. The monoisotopic (exact) mass is 338 g/mol. The van der Waals surface area contributed by atoms with Crippen molar-refractivity contribution in [2.24, 2.45) is 5.92 Å². The number of piperidine rings is 1. The number of esters is 1. The Kier molecular flexibility index (Phi) is 3.73. The molecule has 1 aromatic rings. The number of ether oxygens (including phenoxy) is 1. The average Bonchev–Trinajstić information content (AvgIpc) is 2.47. The first kappa shape index (κ1) is 13.9. The van der Waals surface area contributed by atoms with Gasteiger partial charge >= 0.3 is 5.97 Å². The molecule has 3 rings (SSSR count). The van der Waals surface area contributed by atoms with Crippen LogP contribution in [0.5, 0.6) is 0 Å². The number of anilines is 1. The van der Waals surface area contributed by atoms with Crippen LogP contribution in [0, 0.1) is 5.92 Å². The Labute approximate surface area is 127 Å². The molecule has 1 N–H and O–H groups in total. The lowest BCUT2D eigenvalue weighted by Gasteiger charge is -2.47. The highest BCUT2D eigenvalue weighted by Gasteiger charge is 2.44. The van der Waals surface area contributed by atoms with E-state index in [-0.39, 0.29) is 17.8 Å². The second-order valence-corrected chi connectivity index (χ2v) is 6.45. The maximum absolute atomic E-state index is 12.3. The smallest absolute Gasteiger partial charge is 0.313 e. The minimum absolute atomic E-state index is 0.129. The summed E-state index contributed by atoms with van der Waals surface area (Å²) in [5, 5.41) is 3.41. The van der Waals surface area contributed by atoms with Crippen LogP contribution in [0.2, 0.25) is 0 Å². The standard InChI is InChI=1S/C15H19BrN2O2/c1-18-12-4-3-9(16)7-10(12)14(15(19)20-2)11-8-17-6-5-13(11)18/h3-4,7,11,13-14,17H,5-6,8H2,1-2H3. The summed E-state index contributed by atoms with van der Waals surface area (Å²) in [5.41, 5.74) is 2.21. The van der Waals surface area contributed by atoms with Crippen molar-refractivity contribution >= 4 is 27.6 Å². The second-order valence-electron chi connectivity index (χ2n) is 5.54. The normalized spacial score (nSPS) is 28.6. The summed E-state index contributed by atoms with van der Waals surface area (Å²) < 4.78 is 6.07. The van der Waals surface area contributed by atoms with E-state index in [0.29, 0.717) is 6.04 Å². The number of hydrogen-bond donors (Lipinski definition) is 1. The van der Waals surface area contributed by atoms with E-state index in [1.54, 1.807) is 0 Å². The lowest BCUT2D eigenvalue weighted by Crippen LogP contribution is -2.54. The number of methoxy groups -OCH3 is 1. The molecule has 2 heterocycles.